The minimum absolute atomic E-state index is 0.0316. The number of carbonyl (C=O) groups is 3. The van der Waals surface area contributed by atoms with E-state index >= 15 is 0 Å². The van der Waals surface area contributed by atoms with Gasteiger partial charge in [-0.2, -0.15) is 10.6 Å². The van der Waals surface area contributed by atoms with Crippen molar-refractivity contribution in [2.45, 2.75) is 31.8 Å². The Balaban J connectivity index is 1.53. The Kier molecular flexibility index (Phi) is 7.23. The number of ether oxygens (including phenoxy) is 3. The zero-order chi connectivity index (χ0) is 22.6. The molecular formula is C19H25FN2O8S. The van der Waals surface area contributed by atoms with Crippen LogP contribution in [0, 0.1) is 5.82 Å². The van der Waals surface area contributed by atoms with E-state index in [0.29, 0.717) is 24.1 Å². The standard InChI is InChI=1S/C19H25FN2O8S/c1-12(23)28-11-29-18(24)21-9-15-10-22(19(25)30-15)14-2-3-16(17(20)8-14)13-4-6-31(26,27)7-5-13/h2-3,8,13,15,26-27H,4-7,9-11H2,1H3,(H,21,24)/t15-/m0/s1. The van der Waals surface area contributed by atoms with E-state index in [9.17, 15) is 27.9 Å². The van der Waals surface area contributed by atoms with E-state index < -0.39 is 47.5 Å². The number of rotatable bonds is 6. The van der Waals surface area contributed by atoms with Crippen LogP contribution in [-0.2, 0) is 19.0 Å². The summed E-state index contributed by atoms with van der Waals surface area (Å²) in [5, 5.41) is 2.39. The molecule has 0 unspecified atom stereocenters. The van der Waals surface area contributed by atoms with Crippen LogP contribution < -0.4 is 10.2 Å². The molecule has 0 radical (unpaired) electrons. The molecule has 0 saturated carbocycles. The van der Waals surface area contributed by atoms with E-state index in [0.717, 1.165) is 0 Å². The summed E-state index contributed by atoms with van der Waals surface area (Å²) in [4.78, 5) is 35.6. The summed E-state index contributed by atoms with van der Waals surface area (Å²) in [5.74, 6) is -0.644. The van der Waals surface area contributed by atoms with Crippen molar-refractivity contribution in [3.05, 3.63) is 29.6 Å². The molecule has 0 aliphatic carbocycles. The van der Waals surface area contributed by atoms with Crippen molar-refractivity contribution in [3.8, 4) is 0 Å². The summed E-state index contributed by atoms with van der Waals surface area (Å²) in [6.45, 7) is 0.722. The number of alkyl carbamates (subject to hydrolysis) is 1. The topological polar surface area (TPSA) is 135 Å². The molecule has 0 bridgehead atoms. The molecule has 31 heavy (non-hydrogen) atoms. The number of esters is 1. The number of cyclic esters (lactones) is 1. The van der Waals surface area contributed by atoms with Crippen LogP contribution in [0.3, 0.4) is 0 Å². The van der Waals surface area contributed by atoms with Gasteiger partial charge in [0.25, 0.3) is 0 Å². The summed E-state index contributed by atoms with van der Waals surface area (Å²) in [5.41, 5.74) is 0.811. The molecule has 2 aliphatic rings. The number of nitrogens with one attached hydrogen (secondary N) is 1. The molecule has 0 aromatic heterocycles. The Hall–Kier alpha value is -2.57. The van der Waals surface area contributed by atoms with Gasteiger partial charge in [0.05, 0.1) is 18.8 Å². The average Bonchev–Trinajstić information content (AvgIpc) is 3.07. The third kappa shape index (κ3) is 6.21. The summed E-state index contributed by atoms with van der Waals surface area (Å²) in [6.07, 6.45) is -1.19. The van der Waals surface area contributed by atoms with Gasteiger partial charge in [-0.1, -0.05) is 6.07 Å². The molecule has 1 atom stereocenters. The van der Waals surface area contributed by atoms with Gasteiger partial charge < -0.3 is 19.5 Å². The quantitative estimate of drug-likeness (QED) is 0.436. The molecule has 2 fully saturated rings. The predicted octanol–water partition coefficient (Wildman–Crippen LogP) is 3.03. The second kappa shape index (κ2) is 9.71. The van der Waals surface area contributed by atoms with Crippen molar-refractivity contribution in [2.75, 3.05) is 36.3 Å². The maximum atomic E-state index is 14.7. The van der Waals surface area contributed by atoms with Gasteiger partial charge in [0.1, 0.15) is 11.9 Å². The molecular weight excluding hydrogens is 435 g/mol. The largest absolute Gasteiger partial charge is 0.442 e. The van der Waals surface area contributed by atoms with Crippen LogP contribution in [0.1, 0.15) is 31.2 Å². The van der Waals surface area contributed by atoms with Crippen LogP contribution in [0.25, 0.3) is 0 Å². The van der Waals surface area contributed by atoms with Crippen LogP contribution in [-0.4, -0.2) is 64.8 Å². The van der Waals surface area contributed by atoms with Gasteiger partial charge in [-0.3, -0.25) is 18.8 Å². The lowest BCUT2D eigenvalue weighted by Crippen LogP contribution is -2.35. The predicted molar refractivity (Wildman–Crippen MR) is 110 cm³/mol. The summed E-state index contributed by atoms with van der Waals surface area (Å²) in [6, 6.07) is 4.49. The van der Waals surface area contributed by atoms with Gasteiger partial charge in [-0.25, -0.2) is 14.0 Å². The first kappa shape index (κ1) is 23.1. The van der Waals surface area contributed by atoms with E-state index in [4.69, 9.17) is 4.74 Å². The smallest absolute Gasteiger partial charge is 0.414 e. The first-order valence-electron chi connectivity index (χ1n) is 9.70. The molecule has 1 aromatic rings. The van der Waals surface area contributed by atoms with Crippen LogP contribution in [0.15, 0.2) is 18.2 Å². The first-order chi connectivity index (χ1) is 14.6. The van der Waals surface area contributed by atoms with E-state index in [1.807, 2.05) is 0 Å². The lowest BCUT2D eigenvalue weighted by Gasteiger charge is -2.39. The summed E-state index contributed by atoms with van der Waals surface area (Å²) >= 11 is 0. The lowest BCUT2D eigenvalue weighted by molar-refractivity contribution is -0.149. The molecule has 12 heteroatoms. The number of nitrogens with zero attached hydrogens (tertiary/aromatic N) is 1. The minimum Gasteiger partial charge on any atom is -0.442 e. The molecule has 1 aromatic carbocycles. The summed E-state index contributed by atoms with van der Waals surface area (Å²) < 4.78 is 48.5. The van der Waals surface area contributed by atoms with Crippen LogP contribution in [0.2, 0.25) is 0 Å². The van der Waals surface area contributed by atoms with Crippen LogP contribution in [0.4, 0.5) is 19.7 Å². The van der Waals surface area contributed by atoms with Crippen molar-refractivity contribution in [1.82, 2.24) is 5.32 Å². The minimum atomic E-state index is -2.54. The third-order valence-corrected chi connectivity index (χ3v) is 6.90. The Morgan fingerprint density at radius 1 is 1.29 bits per heavy atom. The van der Waals surface area contributed by atoms with Crippen LogP contribution >= 0.6 is 10.6 Å². The van der Waals surface area contributed by atoms with Crippen molar-refractivity contribution in [3.63, 3.8) is 0 Å². The fourth-order valence-corrected chi connectivity index (χ4v) is 5.02. The number of amides is 2. The highest BCUT2D eigenvalue weighted by atomic mass is 32.3. The number of halogens is 1. The number of carbonyl (C=O) groups excluding carboxylic acids is 3. The highest BCUT2D eigenvalue weighted by Gasteiger charge is 2.34. The maximum absolute atomic E-state index is 14.7. The molecule has 3 N–H and O–H groups in total. The van der Waals surface area contributed by atoms with Gasteiger partial charge >= 0.3 is 18.2 Å². The normalized spacial score (nSPS) is 21.9. The van der Waals surface area contributed by atoms with Crippen molar-refractivity contribution < 1.29 is 42.1 Å². The highest BCUT2D eigenvalue weighted by molar-refractivity contribution is 8.24. The van der Waals surface area contributed by atoms with Gasteiger partial charge in [-0.05, 0) is 36.5 Å². The number of hydrogen-bond acceptors (Lipinski definition) is 8. The third-order valence-electron chi connectivity index (χ3n) is 5.12. The highest BCUT2D eigenvalue weighted by Crippen LogP contribution is 2.48. The average molecular weight is 460 g/mol. The molecule has 172 valence electrons. The number of benzene rings is 1. The lowest BCUT2D eigenvalue weighted by atomic mass is 9.93. The molecule has 2 saturated heterocycles. The van der Waals surface area contributed by atoms with E-state index in [1.165, 1.54) is 17.9 Å². The van der Waals surface area contributed by atoms with Crippen molar-refractivity contribution >= 4 is 34.4 Å². The molecule has 10 nitrogen and oxygen atoms in total. The second-order valence-corrected chi connectivity index (χ2v) is 9.79. The fourth-order valence-electron chi connectivity index (χ4n) is 3.49. The number of hydrogen-bond donors (Lipinski definition) is 3. The zero-order valence-corrected chi connectivity index (χ0v) is 17.7. The fraction of sp³-hybridized carbons (Fsp3) is 0.526. The monoisotopic (exact) mass is 460 g/mol. The van der Waals surface area contributed by atoms with Crippen LogP contribution in [0.5, 0.6) is 0 Å². The Morgan fingerprint density at radius 3 is 2.65 bits per heavy atom. The van der Waals surface area contributed by atoms with E-state index in [1.54, 1.807) is 12.1 Å². The van der Waals surface area contributed by atoms with Gasteiger partial charge in [0, 0.05) is 18.4 Å². The number of anilines is 1. The van der Waals surface area contributed by atoms with Crippen molar-refractivity contribution in [2.24, 2.45) is 0 Å². The van der Waals surface area contributed by atoms with Gasteiger partial charge in [0.2, 0.25) is 6.79 Å². The Bertz CT molecular complexity index is 842. The maximum Gasteiger partial charge on any atom is 0.414 e. The van der Waals surface area contributed by atoms with E-state index in [2.05, 4.69) is 14.8 Å². The molecule has 2 heterocycles. The van der Waals surface area contributed by atoms with Gasteiger partial charge in [0.15, 0.2) is 0 Å². The second-order valence-electron chi connectivity index (χ2n) is 7.37. The Labute approximate surface area is 180 Å². The Morgan fingerprint density at radius 2 is 2.00 bits per heavy atom. The van der Waals surface area contributed by atoms with Gasteiger partial charge in [-0.15, -0.1) is 0 Å². The SMILES string of the molecule is CC(=O)OCOC(=O)NC[C@H]1CN(c2ccc(C3CCS(O)(O)CC3)c(F)c2)C(=O)O1. The molecule has 3 rings (SSSR count). The van der Waals surface area contributed by atoms with Crippen molar-refractivity contribution in [1.29, 1.82) is 0 Å². The first-order valence-corrected chi connectivity index (χ1v) is 11.6. The molecule has 0 spiro atoms. The zero-order valence-electron chi connectivity index (χ0n) is 16.9. The van der Waals surface area contributed by atoms with E-state index in [-0.39, 0.29) is 30.5 Å². The summed E-state index contributed by atoms with van der Waals surface area (Å²) in [7, 11) is -2.54. The molecule has 2 aliphatic heterocycles. The molecule has 2 amide bonds.